The quantitative estimate of drug-likeness (QED) is 0.0320. The van der Waals surface area contributed by atoms with Crippen LogP contribution >= 0.6 is 23.5 Å². The second-order valence-electron chi connectivity index (χ2n) is 18.0. The van der Waals surface area contributed by atoms with Crippen LogP contribution in [-0.2, 0) is 81.9 Å². The molecule has 1 unspecified atom stereocenters. The molecule has 6 rings (SSSR count). The molecular formula is C51H61FN6O14S2. The molecule has 0 fully saturated rings. The monoisotopic (exact) mass is 1060 g/mol. The number of benzene rings is 1. The normalized spacial score (nSPS) is 15.9. The predicted molar refractivity (Wildman–Crippen MR) is 271 cm³/mol. The molecule has 3 aliphatic rings. The van der Waals surface area contributed by atoms with Gasteiger partial charge in [0.15, 0.2) is 17.2 Å². The summed E-state index contributed by atoms with van der Waals surface area (Å²) in [7, 11) is 0. The topological polar surface area (TPSA) is 276 Å². The average molecular weight is 1070 g/mol. The molecule has 0 spiro atoms. The van der Waals surface area contributed by atoms with E-state index in [1.807, 2.05) is 0 Å². The molecule has 0 bridgehead atoms. The zero-order chi connectivity index (χ0) is 53.5. The highest BCUT2D eigenvalue weighted by atomic mass is 32.2. The fourth-order valence-corrected chi connectivity index (χ4v) is 10.6. The van der Waals surface area contributed by atoms with E-state index < -0.39 is 46.9 Å². The second kappa shape index (κ2) is 26.9. The molecule has 398 valence electrons. The number of amides is 5. The summed E-state index contributed by atoms with van der Waals surface area (Å²) in [5.41, 5.74) is 1.57. The molecule has 74 heavy (non-hydrogen) atoms. The first kappa shape index (κ1) is 57.1. The summed E-state index contributed by atoms with van der Waals surface area (Å²) < 4.78 is 32.4. The van der Waals surface area contributed by atoms with Crippen molar-refractivity contribution in [3.05, 3.63) is 74.3 Å². The smallest absolute Gasteiger partial charge is 0.343 e. The van der Waals surface area contributed by atoms with Gasteiger partial charge in [-0.2, -0.15) is 23.5 Å². The minimum absolute atomic E-state index is 0.00684. The van der Waals surface area contributed by atoms with E-state index in [4.69, 9.17) is 19.2 Å². The van der Waals surface area contributed by atoms with Crippen LogP contribution in [0.5, 0.6) is 0 Å². The summed E-state index contributed by atoms with van der Waals surface area (Å²) in [6.07, 6.45) is 2.26. The highest BCUT2D eigenvalue weighted by molar-refractivity contribution is 8.02. The molecule has 0 radical (unpaired) electrons. The Bertz CT molecular complexity index is 2770. The van der Waals surface area contributed by atoms with E-state index in [0.29, 0.717) is 45.5 Å². The summed E-state index contributed by atoms with van der Waals surface area (Å²) in [4.78, 5) is 129. The Labute approximate surface area is 434 Å². The summed E-state index contributed by atoms with van der Waals surface area (Å²) in [5.74, 6) is -2.47. The van der Waals surface area contributed by atoms with E-state index in [2.05, 4.69) is 16.0 Å². The number of aliphatic hydroxyl groups is 1. The molecule has 4 N–H and O–H groups in total. The van der Waals surface area contributed by atoms with E-state index in [0.717, 1.165) is 33.6 Å². The van der Waals surface area contributed by atoms with Crippen LogP contribution in [0.2, 0.25) is 0 Å². The number of fused-ring (bicyclic) bond motifs is 5. The lowest BCUT2D eigenvalue weighted by molar-refractivity contribution is -0.172. The summed E-state index contributed by atoms with van der Waals surface area (Å²) in [5, 5.41) is 19.7. The van der Waals surface area contributed by atoms with Crippen molar-refractivity contribution in [2.75, 3.05) is 69.9 Å². The lowest BCUT2D eigenvalue weighted by Crippen LogP contribution is -2.44. The molecule has 20 nitrogen and oxygen atoms in total. The summed E-state index contributed by atoms with van der Waals surface area (Å²) in [6, 6.07) is 4.77. The Morgan fingerprint density at radius 3 is 2.27 bits per heavy atom. The number of carbonyl (C=O) groups excluding carboxylic acids is 9. The Balaban J connectivity index is 0.801. The minimum atomic E-state index is -1.98. The maximum Gasteiger partial charge on any atom is 0.343 e. The average Bonchev–Trinajstić information content (AvgIpc) is 3.91. The van der Waals surface area contributed by atoms with Crippen molar-refractivity contribution >= 4 is 87.3 Å². The number of esters is 1. The molecule has 3 aromatic rings. The van der Waals surface area contributed by atoms with Crippen LogP contribution in [0.4, 0.5) is 4.39 Å². The SMILES string of the molecule is CCC1(O)C(=O)OCc2c1cc1n(c2=O)Cc2c-1nc1cc(F)c(C)cc1c2CSCCSCCC(=O)CNC(=O)[C@H](C)CC(=O)CNC(=O)CCC(=O)CCOCCOCCNC(=O)CCN1C(=O)C=CC1=O. The van der Waals surface area contributed by atoms with Gasteiger partial charge in [0.1, 0.15) is 18.2 Å². The maximum absolute atomic E-state index is 14.9. The number of rotatable bonds is 31. The van der Waals surface area contributed by atoms with Crippen molar-refractivity contribution in [1.82, 2.24) is 30.4 Å². The van der Waals surface area contributed by atoms with Crippen molar-refractivity contribution in [1.29, 1.82) is 0 Å². The minimum Gasteiger partial charge on any atom is -0.458 e. The van der Waals surface area contributed by atoms with Crippen molar-refractivity contribution in [3.8, 4) is 11.4 Å². The molecular weight excluding hydrogens is 1000 g/mol. The standard InChI is InChI=1S/C51H61FN6O14S2/c1-4-51(69)39-23-42-47-36(27-58(42)49(67)37(39)28-72-50(51)68)38(35-22-30(2)40(52)24-41(35)56-47)29-74-20-19-73-18-11-33(60)25-55-48(66)31(3)21-34(61)26-54-43(62)6-5-32(59)10-14-70-16-17-71-15-12-53-44(63)9-13-57-45(64)7-8-46(57)65/h7-8,22-24,31,69H,4-6,9-21,25-29H2,1-3H3,(H,53,63)(H,54,62)(H,55,66)/t31-,51?/m1/s1. The summed E-state index contributed by atoms with van der Waals surface area (Å²) in [6.45, 7) is 5.29. The molecule has 23 heteroatoms. The first-order chi connectivity index (χ1) is 35.4. The lowest BCUT2D eigenvalue weighted by atomic mass is 9.86. The van der Waals surface area contributed by atoms with Gasteiger partial charge < -0.3 is 39.8 Å². The Kier molecular flexibility index (Phi) is 20.8. The number of halogens is 1. The predicted octanol–water partition coefficient (Wildman–Crippen LogP) is 2.48. The number of ketones is 3. The van der Waals surface area contributed by atoms with Gasteiger partial charge in [0.05, 0.1) is 68.5 Å². The third-order valence-corrected chi connectivity index (χ3v) is 14.9. The van der Waals surface area contributed by atoms with Crippen LogP contribution in [0.1, 0.15) is 86.6 Å². The number of carbonyl (C=O) groups is 9. The van der Waals surface area contributed by atoms with E-state index in [9.17, 15) is 57.4 Å². The number of hydrogen-bond acceptors (Lipinski definition) is 17. The maximum atomic E-state index is 14.9. The number of pyridine rings is 2. The highest BCUT2D eigenvalue weighted by Crippen LogP contribution is 2.41. The fourth-order valence-electron chi connectivity index (χ4n) is 8.38. The number of aromatic nitrogens is 2. The zero-order valence-electron chi connectivity index (χ0n) is 41.6. The van der Waals surface area contributed by atoms with Crippen LogP contribution in [-0.4, -0.2) is 142 Å². The van der Waals surface area contributed by atoms with Gasteiger partial charge in [-0.15, -0.1) is 0 Å². The zero-order valence-corrected chi connectivity index (χ0v) is 43.2. The first-order valence-electron chi connectivity index (χ1n) is 24.4. The highest BCUT2D eigenvalue weighted by Gasteiger charge is 2.45. The van der Waals surface area contributed by atoms with Gasteiger partial charge in [-0.3, -0.25) is 48.1 Å². The number of nitrogens with zero attached hydrogens (tertiary/aromatic N) is 3. The lowest BCUT2D eigenvalue weighted by Gasteiger charge is -2.31. The third kappa shape index (κ3) is 14.8. The van der Waals surface area contributed by atoms with Gasteiger partial charge in [-0.1, -0.05) is 13.8 Å². The summed E-state index contributed by atoms with van der Waals surface area (Å²) >= 11 is 3.22. The van der Waals surface area contributed by atoms with Crippen LogP contribution in [0.25, 0.3) is 22.3 Å². The van der Waals surface area contributed by atoms with E-state index >= 15 is 0 Å². The number of cyclic esters (lactones) is 1. The van der Waals surface area contributed by atoms with Gasteiger partial charge in [0.2, 0.25) is 17.7 Å². The van der Waals surface area contributed by atoms with Gasteiger partial charge in [0, 0.05) is 115 Å². The number of imide groups is 1. The van der Waals surface area contributed by atoms with Gasteiger partial charge in [-0.25, -0.2) is 14.2 Å². The fraction of sp³-hybridized carbons (Fsp3) is 0.510. The number of aryl methyl sites for hydroxylation is 1. The Hall–Kier alpha value is -6.14. The van der Waals surface area contributed by atoms with E-state index in [1.54, 1.807) is 61.0 Å². The molecule has 3 aliphatic heterocycles. The molecule has 0 aliphatic carbocycles. The number of ether oxygens (including phenoxy) is 3. The van der Waals surface area contributed by atoms with E-state index in [-0.39, 0.29) is 151 Å². The number of nitrogens with one attached hydrogen (secondary N) is 3. The second-order valence-corrected chi connectivity index (χ2v) is 20.3. The number of Topliss-reactive ketones (excluding diaryl/α,β-unsaturated/α-hetero) is 3. The van der Waals surface area contributed by atoms with Crippen molar-refractivity contribution in [3.63, 3.8) is 0 Å². The third-order valence-electron chi connectivity index (χ3n) is 12.7. The number of hydrogen-bond donors (Lipinski definition) is 4. The van der Waals surface area contributed by atoms with Crippen LogP contribution in [0, 0.1) is 18.7 Å². The van der Waals surface area contributed by atoms with Crippen molar-refractivity contribution < 1.29 is 66.9 Å². The van der Waals surface area contributed by atoms with Gasteiger partial charge in [-0.05, 0) is 36.6 Å². The van der Waals surface area contributed by atoms with Crippen LogP contribution in [0.3, 0.4) is 0 Å². The Morgan fingerprint density at radius 2 is 1.53 bits per heavy atom. The largest absolute Gasteiger partial charge is 0.458 e. The van der Waals surface area contributed by atoms with Gasteiger partial charge >= 0.3 is 5.97 Å². The molecule has 0 saturated carbocycles. The first-order valence-corrected chi connectivity index (χ1v) is 26.7. The molecule has 1 aromatic carbocycles. The number of thioether (sulfide) groups is 2. The molecule has 2 aromatic heterocycles. The molecule has 5 heterocycles. The van der Waals surface area contributed by atoms with Crippen molar-refractivity contribution in [2.45, 2.75) is 90.2 Å². The molecule has 5 amide bonds. The van der Waals surface area contributed by atoms with Crippen LogP contribution < -0.4 is 21.5 Å². The van der Waals surface area contributed by atoms with Gasteiger partial charge in [0.25, 0.3) is 17.4 Å². The van der Waals surface area contributed by atoms with Crippen molar-refractivity contribution in [2.24, 2.45) is 5.92 Å². The van der Waals surface area contributed by atoms with E-state index in [1.165, 1.54) is 6.07 Å². The molecule has 0 saturated heterocycles. The van der Waals surface area contributed by atoms with Crippen LogP contribution in [0.15, 0.2) is 35.1 Å². The Morgan fingerprint density at radius 1 is 0.824 bits per heavy atom. The molecule has 2 atom stereocenters.